The molecule has 2 aliphatic rings. The smallest absolute Gasteiger partial charge is 0.420 e. The zero-order chi connectivity index (χ0) is 22.3. The molecule has 2 amide bonds. The van der Waals surface area contributed by atoms with Gasteiger partial charge in [-0.3, -0.25) is 0 Å². The van der Waals surface area contributed by atoms with E-state index in [-0.39, 0.29) is 6.04 Å². The monoisotopic (exact) mass is 481 g/mol. The first kappa shape index (κ1) is 22.8. The first-order valence-corrected chi connectivity index (χ1v) is 11.2. The lowest BCUT2D eigenvalue weighted by Gasteiger charge is -2.32. The number of fused-ring (bicyclic) bond motifs is 1. The van der Waals surface area contributed by atoms with Crippen molar-refractivity contribution < 1.29 is 19.1 Å². The fraction of sp³-hybridized carbons (Fsp3) is 0.682. The van der Waals surface area contributed by atoms with Gasteiger partial charge in [0, 0.05) is 29.8 Å². The molecular weight excluding hydrogens is 450 g/mol. The zero-order valence-corrected chi connectivity index (χ0v) is 20.2. The second-order valence-corrected chi connectivity index (χ2v) is 11.1. The van der Waals surface area contributed by atoms with Gasteiger partial charge in [-0.25, -0.2) is 19.5 Å². The molecule has 1 aliphatic carbocycles. The molecule has 8 heteroatoms. The first-order valence-electron chi connectivity index (χ1n) is 10.4. The van der Waals surface area contributed by atoms with Crippen LogP contribution in [0.15, 0.2) is 22.8 Å². The standard InChI is InChI=1S/C22H32BrN3O4/c1-21(2,3)29-19(27)26(20(28)30-22(4,5)6)17-9-14-12-25(13-15(14)10-17)18-8-7-16(23)11-24-18/h7-8,11,14-15,17H,9-10,12-13H2,1-6H3/t14-,15+,17?. The van der Waals surface area contributed by atoms with Gasteiger partial charge in [-0.15, -0.1) is 0 Å². The van der Waals surface area contributed by atoms with Crippen molar-refractivity contribution in [1.82, 2.24) is 9.88 Å². The second-order valence-electron chi connectivity index (χ2n) is 10.2. The molecule has 1 aromatic heterocycles. The van der Waals surface area contributed by atoms with Gasteiger partial charge in [0.2, 0.25) is 0 Å². The van der Waals surface area contributed by atoms with Crippen molar-refractivity contribution in [3.63, 3.8) is 0 Å². The molecule has 2 fully saturated rings. The topological polar surface area (TPSA) is 72.0 Å². The number of anilines is 1. The lowest BCUT2D eigenvalue weighted by Crippen LogP contribution is -2.48. The number of imide groups is 1. The van der Waals surface area contributed by atoms with E-state index in [1.165, 1.54) is 4.90 Å². The summed E-state index contributed by atoms with van der Waals surface area (Å²) in [4.78, 5) is 33.8. The largest absolute Gasteiger partial charge is 0.443 e. The van der Waals surface area contributed by atoms with Crippen molar-refractivity contribution in [2.24, 2.45) is 11.8 Å². The predicted molar refractivity (Wildman–Crippen MR) is 118 cm³/mol. The minimum atomic E-state index is -0.685. The number of halogens is 1. The van der Waals surface area contributed by atoms with Gasteiger partial charge >= 0.3 is 12.2 Å². The Hall–Kier alpha value is -1.83. The predicted octanol–water partition coefficient (Wildman–Crippen LogP) is 5.23. The Balaban J connectivity index is 1.71. The van der Waals surface area contributed by atoms with E-state index < -0.39 is 23.4 Å². The molecule has 0 bridgehead atoms. The summed E-state index contributed by atoms with van der Waals surface area (Å²) in [5.41, 5.74) is -1.37. The molecule has 1 unspecified atom stereocenters. The summed E-state index contributed by atoms with van der Waals surface area (Å²) in [6.45, 7) is 12.5. The third-order valence-corrected chi connectivity index (χ3v) is 5.78. The maximum atomic E-state index is 12.9. The molecule has 7 nitrogen and oxygen atoms in total. The summed E-state index contributed by atoms with van der Waals surface area (Å²) in [7, 11) is 0. The summed E-state index contributed by atoms with van der Waals surface area (Å²) in [6.07, 6.45) is 2.03. The van der Waals surface area contributed by atoms with Crippen LogP contribution in [-0.2, 0) is 9.47 Å². The Morgan fingerprint density at radius 2 is 1.50 bits per heavy atom. The van der Waals surface area contributed by atoms with Crippen molar-refractivity contribution >= 4 is 33.9 Å². The van der Waals surface area contributed by atoms with Gasteiger partial charge in [-0.1, -0.05) is 0 Å². The number of ether oxygens (including phenoxy) is 2. The van der Waals surface area contributed by atoms with Crippen LogP contribution in [-0.4, -0.2) is 52.4 Å². The van der Waals surface area contributed by atoms with Gasteiger partial charge < -0.3 is 14.4 Å². The number of amides is 2. The van der Waals surface area contributed by atoms with Crippen LogP contribution in [0.4, 0.5) is 15.4 Å². The average Bonchev–Trinajstić information content (AvgIpc) is 3.11. The molecule has 2 heterocycles. The molecule has 1 aliphatic heterocycles. The van der Waals surface area contributed by atoms with Gasteiger partial charge in [-0.05, 0) is 94.3 Å². The number of hydrogen-bond donors (Lipinski definition) is 0. The van der Waals surface area contributed by atoms with Crippen molar-refractivity contribution in [3.8, 4) is 0 Å². The Morgan fingerprint density at radius 3 is 1.90 bits per heavy atom. The van der Waals surface area contributed by atoms with Crippen LogP contribution >= 0.6 is 15.9 Å². The minimum Gasteiger partial charge on any atom is -0.443 e. The lowest BCUT2D eigenvalue weighted by molar-refractivity contribution is -0.00730. The highest BCUT2D eigenvalue weighted by atomic mass is 79.9. The number of aromatic nitrogens is 1. The number of hydrogen-bond acceptors (Lipinski definition) is 6. The number of pyridine rings is 1. The van der Waals surface area contributed by atoms with Crippen molar-refractivity contribution in [3.05, 3.63) is 22.8 Å². The maximum Gasteiger partial charge on any atom is 0.420 e. The van der Waals surface area contributed by atoms with Crippen molar-refractivity contribution in [2.45, 2.75) is 71.6 Å². The average molecular weight is 482 g/mol. The van der Waals surface area contributed by atoms with Gasteiger partial charge in [0.05, 0.1) is 0 Å². The molecular formula is C22H32BrN3O4. The molecule has 3 rings (SSSR count). The van der Waals surface area contributed by atoms with Crippen molar-refractivity contribution in [2.75, 3.05) is 18.0 Å². The molecule has 0 aromatic carbocycles. The minimum absolute atomic E-state index is 0.218. The molecule has 0 radical (unpaired) electrons. The number of nitrogens with zero attached hydrogens (tertiary/aromatic N) is 3. The SMILES string of the molecule is CC(C)(C)OC(=O)N(C(=O)OC(C)(C)C)C1C[C@@H]2CN(c3ccc(Br)cn3)C[C@@H]2C1. The van der Waals surface area contributed by atoms with Crippen LogP contribution in [0.2, 0.25) is 0 Å². The van der Waals surface area contributed by atoms with E-state index in [0.29, 0.717) is 11.8 Å². The highest BCUT2D eigenvalue weighted by Gasteiger charge is 2.47. The van der Waals surface area contributed by atoms with Gasteiger partial charge in [0.25, 0.3) is 0 Å². The molecule has 166 valence electrons. The fourth-order valence-corrected chi connectivity index (χ4v) is 4.45. The molecule has 1 saturated heterocycles. The first-order chi connectivity index (χ1) is 13.8. The highest BCUT2D eigenvalue weighted by Crippen LogP contribution is 2.42. The van der Waals surface area contributed by atoms with Crippen LogP contribution in [0.5, 0.6) is 0 Å². The van der Waals surface area contributed by atoms with Gasteiger partial charge in [0.15, 0.2) is 0 Å². The Kier molecular flexibility index (Phi) is 6.37. The summed E-state index contributed by atoms with van der Waals surface area (Å²) >= 11 is 3.42. The highest BCUT2D eigenvalue weighted by molar-refractivity contribution is 9.10. The molecule has 3 atom stereocenters. The van der Waals surface area contributed by atoms with Gasteiger partial charge in [0.1, 0.15) is 17.0 Å². The summed E-state index contributed by atoms with van der Waals surface area (Å²) < 4.78 is 12.0. The summed E-state index contributed by atoms with van der Waals surface area (Å²) in [5.74, 6) is 1.75. The maximum absolute atomic E-state index is 12.9. The van der Waals surface area contributed by atoms with E-state index in [0.717, 1.165) is 36.2 Å². The third-order valence-electron chi connectivity index (χ3n) is 5.31. The van der Waals surface area contributed by atoms with Crippen LogP contribution in [0.25, 0.3) is 0 Å². The number of rotatable bonds is 2. The van der Waals surface area contributed by atoms with Crippen LogP contribution in [0.1, 0.15) is 54.4 Å². The molecule has 1 saturated carbocycles. The lowest BCUT2D eigenvalue weighted by atomic mass is 10.0. The van der Waals surface area contributed by atoms with E-state index >= 15 is 0 Å². The summed E-state index contributed by atoms with van der Waals surface area (Å²) in [6, 6.07) is 3.78. The van der Waals surface area contributed by atoms with Crippen LogP contribution in [0.3, 0.4) is 0 Å². The van der Waals surface area contributed by atoms with E-state index in [4.69, 9.17) is 9.47 Å². The van der Waals surface area contributed by atoms with Gasteiger partial charge in [-0.2, -0.15) is 0 Å². The van der Waals surface area contributed by atoms with E-state index in [9.17, 15) is 9.59 Å². The number of carbonyl (C=O) groups excluding carboxylic acids is 2. The third kappa shape index (κ3) is 5.65. The van der Waals surface area contributed by atoms with Crippen molar-refractivity contribution in [1.29, 1.82) is 0 Å². The summed E-state index contributed by atoms with van der Waals surface area (Å²) in [5, 5.41) is 0. The normalized spacial score (nSPS) is 23.8. The fourth-order valence-electron chi connectivity index (χ4n) is 4.22. The van der Waals surface area contributed by atoms with E-state index in [2.05, 4.69) is 25.8 Å². The Morgan fingerprint density at radius 1 is 1.00 bits per heavy atom. The van der Waals surface area contributed by atoms with Crippen LogP contribution in [0, 0.1) is 11.8 Å². The van der Waals surface area contributed by atoms with E-state index in [1.807, 2.05) is 12.1 Å². The quantitative estimate of drug-likeness (QED) is 0.575. The van der Waals surface area contributed by atoms with Crippen LogP contribution < -0.4 is 4.90 Å². The molecule has 0 N–H and O–H groups in total. The zero-order valence-electron chi connectivity index (χ0n) is 18.6. The number of carbonyl (C=O) groups is 2. The van der Waals surface area contributed by atoms with E-state index in [1.54, 1.807) is 47.7 Å². The second kappa shape index (κ2) is 8.36. The molecule has 30 heavy (non-hydrogen) atoms. The molecule has 0 spiro atoms. The molecule has 1 aromatic rings. The Bertz CT molecular complexity index is 743. The Labute approximate surface area is 187 Å².